The van der Waals surface area contributed by atoms with Crippen molar-refractivity contribution < 1.29 is 9.59 Å². The lowest BCUT2D eigenvalue weighted by atomic mass is 9.91. The molecule has 1 aliphatic rings. The third-order valence-corrected chi connectivity index (χ3v) is 4.55. The standard InChI is InChI=1S/C19H31N5O2/c1-19(2,14-23(3)4)13-21-17(25)15-7-10-24(11-8-15)18(26)22-16-6-5-9-20-12-16/h5-6,9,12,15H,7-8,10-11,13-14H2,1-4H3,(H,21,25)(H,22,26). The number of nitrogens with one attached hydrogen (secondary N) is 2. The number of rotatable bonds is 6. The van der Waals surface area contributed by atoms with Crippen molar-refractivity contribution in [2.45, 2.75) is 26.7 Å². The fourth-order valence-corrected chi connectivity index (χ4v) is 3.37. The van der Waals surface area contributed by atoms with E-state index in [1.807, 2.05) is 14.1 Å². The Hall–Kier alpha value is -2.15. The van der Waals surface area contributed by atoms with Crippen LogP contribution >= 0.6 is 0 Å². The van der Waals surface area contributed by atoms with Crippen LogP contribution in [0.3, 0.4) is 0 Å². The maximum Gasteiger partial charge on any atom is 0.321 e. The summed E-state index contributed by atoms with van der Waals surface area (Å²) in [7, 11) is 4.08. The van der Waals surface area contributed by atoms with E-state index in [-0.39, 0.29) is 23.3 Å². The van der Waals surface area contributed by atoms with Gasteiger partial charge in [-0.25, -0.2) is 4.79 Å². The maximum absolute atomic E-state index is 12.4. The Bertz CT molecular complexity index is 595. The average molecular weight is 361 g/mol. The first-order valence-electron chi connectivity index (χ1n) is 9.15. The average Bonchev–Trinajstić information content (AvgIpc) is 2.59. The second kappa shape index (κ2) is 8.98. The quantitative estimate of drug-likeness (QED) is 0.813. The highest BCUT2D eigenvalue weighted by Gasteiger charge is 2.28. The molecular formula is C19H31N5O2. The summed E-state index contributed by atoms with van der Waals surface area (Å²) in [5, 5.41) is 5.93. The lowest BCUT2D eigenvalue weighted by Gasteiger charge is -2.33. The minimum Gasteiger partial charge on any atom is -0.355 e. The monoisotopic (exact) mass is 361 g/mol. The SMILES string of the molecule is CN(C)CC(C)(C)CNC(=O)C1CCN(C(=O)Nc2cccnc2)CC1. The molecule has 0 bridgehead atoms. The Kier molecular flexibility index (Phi) is 6.97. The molecule has 1 fully saturated rings. The van der Waals surface area contributed by atoms with Crippen LogP contribution in [0.15, 0.2) is 24.5 Å². The second-order valence-corrected chi connectivity index (χ2v) is 8.05. The molecule has 1 aliphatic heterocycles. The predicted octanol–water partition coefficient (Wildman–Crippen LogP) is 2.03. The number of hydrogen-bond donors (Lipinski definition) is 2. The van der Waals surface area contributed by atoms with E-state index in [9.17, 15) is 9.59 Å². The summed E-state index contributed by atoms with van der Waals surface area (Å²) in [6.07, 6.45) is 4.67. The molecule has 0 spiro atoms. The maximum atomic E-state index is 12.4. The Morgan fingerprint density at radius 2 is 2.00 bits per heavy atom. The van der Waals surface area contributed by atoms with Gasteiger partial charge < -0.3 is 20.4 Å². The van der Waals surface area contributed by atoms with Gasteiger partial charge in [0.2, 0.25) is 5.91 Å². The molecular weight excluding hydrogens is 330 g/mol. The third-order valence-electron chi connectivity index (χ3n) is 4.55. The van der Waals surface area contributed by atoms with E-state index in [1.165, 1.54) is 0 Å². The van der Waals surface area contributed by atoms with E-state index < -0.39 is 0 Å². The molecule has 144 valence electrons. The van der Waals surface area contributed by atoms with Crippen molar-refractivity contribution >= 4 is 17.6 Å². The van der Waals surface area contributed by atoms with E-state index in [2.05, 4.69) is 34.4 Å². The van der Waals surface area contributed by atoms with Crippen molar-refractivity contribution in [3.8, 4) is 0 Å². The number of hydrogen-bond acceptors (Lipinski definition) is 4. The third kappa shape index (κ3) is 6.29. The molecule has 1 aromatic rings. The van der Waals surface area contributed by atoms with Crippen molar-refractivity contribution in [1.82, 2.24) is 20.1 Å². The molecule has 1 aromatic heterocycles. The largest absolute Gasteiger partial charge is 0.355 e. The molecule has 0 radical (unpaired) electrons. The molecule has 2 N–H and O–H groups in total. The second-order valence-electron chi connectivity index (χ2n) is 8.05. The molecule has 0 unspecified atom stereocenters. The van der Waals surface area contributed by atoms with Crippen molar-refractivity contribution in [1.29, 1.82) is 0 Å². The van der Waals surface area contributed by atoms with Crippen molar-refractivity contribution in [2.75, 3.05) is 45.6 Å². The minimum atomic E-state index is -0.135. The van der Waals surface area contributed by atoms with Crippen molar-refractivity contribution in [3.05, 3.63) is 24.5 Å². The summed E-state index contributed by atoms with van der Waals surface area (Å²) >= 11 is 0. The molecule has 2 heterocycles. The van der Waals surface area contributed by atoms with Crippen LogP contribution in [0.4, 0.5) is 10.5 Å². The van der Waals surface area contributed by atoms with Crippen LogP contribution in [-0.2, 0) is 4.79 Å². The van der Waals surface area contributed by atoms with E-state index in [0.717, 1.165) is 6.54 Å². The minimum absolute atomic E-state index is 0.0207. The van der Waals surface area contributed by atoms with Gasteiger partial charge in [0.15, 0.2) is 0 Å². The number of carbonyl (C=O) groups is 2. The van der Waals surface area contributed by atoms with E-state index >= 15 is 0 Å². The lowest BCUT2D eigenvalue weighted by molar-refractivity contribution is -0.126. The van der Waals surface area contributed by atoms with Crippen LogP contribution in [0.1, 0.15) is 26.7 Å². The van der Waals surface area contributed by atoms with Crippen LogP contribution in [0.25, 0.3) is 0 Å². The van der Waals surface area contributed by atoms with E-state index in [0.29, 0.717) is 38.2 Å². The summed E-state index contributed by atoms with van der Waals surface area (Å²) in [4.78, 5) is 32.6. The van der Waals surface area contributed by atoms with E-state index in [4.69, 9.17) is 0 Å². The van der Waals surface area contributed by atoms with E-state index in [1.54, 1.807) is 29.4 Å². The number of aromatic nitrogens is 1. The highest BCUT2D eigenvalue weighted by molar-refractivity contribution is 5.89. The molecule has 0 aromatic carbocycles. The topological polar surface area (TPSA) is 77.6 Å². The Morgan fingerprint density at radius 3 is 2.58 bits per heavy atom. The van der Waals surface area contributed by atoms with Gasteiger partial charge in [0.25, 0.3) is 0 Å². The number of likely N-dealkylation sites (tertiary alicyclic amines) is 1. The molecule has 0 saturated carbocycles. The van der Waals surface area contributed by atoms with Gasteiger partial charge in [-0.15, -0.1) is 0 Å². The number of piperidine rings is 1. The summed E-state index contributed by atoms with van der Waals surface area (Å²) < 4.78 is 0. The number of nitrogens with zero attached hydrogens (tertiary/aromatic N) is 3. The Labute approximate surface area is 156 Å². The number of pyridine rings is 1. The van der Waals surface area contributed by atoms with Gasteiger partial charge in [-0.2, -0.15) is 0 Å². The molecule has 2 rings (SSSR count). The molecule has 7 nitrogen and oxygen atoms in total. The molecule has 7 heteroatoms. The number of anilines is 1. The fraction of sp³-hybridized carbons (Fsp3) is 0.632. The molecule has 3 amide bonds. The van der Waals surface area contributed by atoms with Gasteiger partial charge in [-0.05, 0) is 44.5 Å². The lowest BCUT2D eigenvalue weighted by Crippen LogP contribution is -2.46. The smallest absolute Gasteiger partial charge is 0.321 e. The normalized spacial score (nSPS) is 15.8. The fourth-order valence-electron chi connectivity index (χ4n) is 3.37. The first kappa shape index (κ1) is 20.2. The van der Waals surface area contributed by atoms with Gasteiger partial charge in [0, 0.05) is 38.3 Å². The first-order valence-corrected chi connectivity index (χ1v) is 9.15. The number of urea groups is 1. The van der Waals surface area contributed by atoms with Gasteiger partial charge in [-0.1, -0.05) is 13.8 Å². The number of carbonyl (C=O) groups excluding carboxylic acids is 2. The summed E-state index contributed by atoms with van der Waals surface area (Å²) in [6.45, 7) is 7.06. The van der Waals surface area contributed by atoms with Crippen molar-refractivity contribution in [2.24, 2.45) is 11.3 Å². The molecule has 26 heavy (non-hydrogen) atoms. The molecule has 0 aliphatic carbocycles. The predicted molar refractivity (Wildman–Crippen MR) is 103 cm³/mol. The van der Waals surface area contributed by atoms with Crippen molar-refractivity contribution in [3.63, 3.8) is 0 Å². The molecule has 1 saturated heterocycles. The van der Waals surface area contributed by atoms with Gasteiger partial charge in [0.1, 0.15) is 0 Å². The first-order chi connectivity index (χ1) is 12.3. The van der Waals surface area contributed by atoms with Crippen LogP contribution in [0.2, 0.25) is 0 Å². The summed E-state index contributed by atoms with van der Waals surface area (Å²) in [5.41, 5.74) is 0.712. The summed E-state index contributed by atoms with van der Waals surface area (Å²) in [5.74, 6) is 0.0803. The number of amides is 3. The Balaban J connectivity index is 1.75. The van der Waals surface area contributed by atoms with Crippen LogP contribution in [0.5, 0.6) is 0 Å². The summed E-state index contributed by atoms with van der Waals surface area (Å²) in [6, 6.07) is 3.45. The zero-order chi connectivity index (χ0) is 19.2. The highest BCUT2D eigenvalue weighted by atomic mass is 16.2. The highest BCUT2D eigenvalue weighted by Crippen LogP contribution is 2.20. The van der Waals surface area contributed by atoms with Gasteiger partial charge >= 0.3 is 6.03 Å². The Morgan fingerprint density at radius 1 is 1.31 bits per heavy atom. The molecule has 0 atom stereocenters. The zero-order valence-corrected chi connectivity index (χ0v) is 16.3. The zero-order valence-electron chi connectivity index (χ0n) is 16.3. The van der Waals surface area contributed by atoms with Gasteiger partial charge in [-0.3, -0.25) is 9.78 Å². The van der Waals surface area contributed by atoms with Crippen LogP contribution < -0.4 is 10.6 Å². The van der Waals surface area contributed by atoms with Gasteiger partial charge in [0.05, 0.1) is 11.9 Å². The van der Waals surface area contributed by atoms with Crippen LogP contribution in [0, 0.1) is 11.3 Å². The van der Waals surface area contributed by atoms with Crippen LogP contribution in [-0.4, -0.2) is 67.0 Å².